The molecule has 0 aliphatic rings. The van der Waals surface area contributed by atoms with Crippen molar-refractivity contribution in [3.05, 3.63) is 54.1 Å². The first kappa shape index (κ1) is 19.3. The summed E-state index contributed by atoms with van der Waals surface area (Å²) in [6, 6.07) is 14.4. The molecule has 0 fully saturated rings. The molecule has 0 unspecified atom stereocenters. The Kier molecular flexibility index (Phi) is 7.02. The summed E-state index contributed by atoms with van der Waals surface area (Å²) < 4.78 is 15.9. The summed E-state index contributed by atoms with van der Waals surface area (Å²) in [5.41, 5.74) is 1.50. The van der Waals surface area contributed by atoms with Crippen LogP contribution in [0.5, 0.6) is 11.5 Å². The second-order valence-electron chi connectivity index (χ2n) is 5.69. The summed E-state index contributed by atoms with van der Waals surface area (Å²) >= 11 is 0. The molecule has 2 aromatic carbocycles. The molecule has 6 heteroatoms. The van der Waals surface area contributed by atoms with E-state index in [1.807, 2.05) is 38.1 Å². The molecule has 0 saturated carbocycles. The van der Waals surface area contributed by atoms with Crippen LogP contribution in [0.1, 0.15) is 18.9 Å². The third-order valence-electron chi connectivity index (χ3n) is 3.63. The smallest absolute Gasteiger partial charge is 0.347 e. The monoisotopic (exact) mass is 357 g/mol. The highest BCUT2D eigenvalue weighted by Crippen LogP contribution is 2.25. The zero-order valence-corrected chi connectivity index (χ0v) is 15.2. The van der Waals surface area contributed by atoms with Gasteiger partial charge in [0.05, 0.1) is 12.8 Å². The zero-order valence-electron chi connectivity index (χ0n) is 15.2. The Balaban J connectivity index is 1.89. The van der Waals surface area contributed by atoms with Crippen LogP contribution < -0.4 is 14.8 Å². The SMILES string of the molecule is CC[C@H](Oc1ccccc1)C(=O)OCC(=O)Nc1cc(C)ccc1OC. The molecule has 1 N–H and O–H groups in total. The Labute approximate surface area is 153 Å². The molecule has 0 bridgehead atoms. The van der Waals surface area contributed by atoms with E-state index in [9.17, 15) is 9.59 Å². The van der Waals surface area contributed by atoms with E-state index < -0.39 is 24.6 Å². The maximum absolute atomic E-state index is 12.2. The number of esters is 1. The number of benzene rings is 2. The molecule has 0 aliphatic heterocycles. The molecule has 26 heavy (non-hydrogen) atoms. The summed E-state index contributed by atoms with van der Waals surface area (Å²) in [4.78, 5) is 24.2. The van der Waals surface area contributed by atoms with E-state index in [1.165, 1.54) is 7.11 Å². The number of anilines is 1. The molecule has 2 aromatic rings. The summed E-state index contributed by atoms with van der Waals surface area (Å²) in [6.45, 7) is 3.32. The van der Waals surface area contributed by atoms with Gasteiger partial charge in [-0.15, -0.1) is 0 Å². The highest BCUT2D eigenvalue weighted by Gasteiger charge is 2.21. The average Bonchev–Trinajstić information content (AvgIpc) is 2.65. The molecule has 0 aromatic heterocycles. The number of hydrogen-bond donors (Lipinski definition) is 1. The second-order valence-corrected chi connectivity index (χ2v) is 5.69. The van der Waals surface area contributed by atoms with Gasteiger partial charge in [-0.25, -0.2) is 4.79 Å². The number of aryl methyl sites for hydroxylation is 1. The van der Waals surface area contributed by atoms with Crippen molar-refractivity contribution in [2.45, 2.75) is 26.4 Å². The highest BCUT2D eigenvalue weighted by molar-refractivity contribution is 5.94. The Bertz CT molecular complexity index is 745. The van der Waals surface area contributed by atoms with Crippen LogP contribution in [0.15, 0.2) is 48.5 Å². The van der Waals surface area contributed by atoms with Gasteiger partial charge < -0.3 is 19.5 Å². The Morgan fingerprint density at radius 2 is 1.85 bits per heavy atom. The lowest BCUT2D eigenvalue weighted by molar-refractivity contribution is -0.154. The minimum Gasteiger partial charge on any atom is -0.495 e. The number of hydrogen-bond acceptors (Lipinski definition) is 5. The molecule has 1 atom stereocenters. The molecular formula is C20H23NO5. The maximum atomic E-state index is 12.2. The number of nitrogens with one attached hydrogen (secondary N) is 1. The lowest BCUT2D eigenvalue weighted by Crippen LogP contribution is -2.31. The van der Waals surface area contributed by atoms with Crippen LogP contribution in [0.25, 0.3) is 0 Å². The summed E-state index contributed by atoms with van der Waals surface area (Å²) in [5.74, 6) is 0.0823. The van der Waals surface area contributed by atoms with Gasteiger partial charge in [0.2, 0.25) is 0 Å². The van der Waals surface area contributed by atoms with E-state index in [0.717, 1.165) is 5.56 Å². The molecule has 6 nitrogen and oxygen atoms in total. The normalized spacial score (nSPS) is 11.3. The quantitative estimate of drug-likeness (QED) is 0.734. The fraction of sp³-hybridized carbons (Fsp3) is 0.300. The van der Waals surface area contributed by atoms with Crippen molar-refractivity contribution in [1.29, 1.82) is 0 Å². The fourth-order valence-electron chi connectivity index (χ4n) is 2.30. The largest absolute Gasteiger partial charge is 0.495 e. The summed E-state index contributed by atoms with van der Waals surface area (Å²) in [6.07, 6.45) is -0.333. The van der Waals surface area contributed by atoms with Crippen LogP contribution in [0.2, 0.25) is 0 Å². The molecule has 0 saturated heterocycles. The van der Waals surface area contributed by atoms with E-state index in [4.69, 9.17) is 14.2 Å². The molecule has 2 rings (SSSR count). The van der Waals surface area contributed by atoms with Gasteiger partial charge in [-0.1, -0.05) is 31.2 Å². The third kappa shape index (κ3) is 5.51. The Morgan fingerprint density at radius 1 is 1.12 bits per heavy atom. The predicted molar refractivity (Wildman–Crippen MR) is 98.5 cm³/mol. The molecular weight excluding hydrogens is 334 g/mol. The van der Waals surface area contributed by atoms with Gasteiger partial charge in [0.1, 0.15) is 11.5 Å². The van der Waals surface area contributed by atoms with Crippen molar-refractivity contribution in [3.8, 4) is 11.5 Å². The Morgan fingerprint density at radius 3 is 2.50 bits per heavy atom. The number of methoxy groups -OCH3 is 1. The van der Waals surface area contributed by atoms with Gasteiger partial charge >= 0.3 is 5.97 Å². The standard InChI is InChI=1S/C20H23NO5/c1-4-17(26-15-8-6-5-7-9-15)20(23)25-13-19(22)21-16-12-14(2)10-11-18(16)24-3/h5-12,17H,4,13H2,1-3H3,(H,21,22)/t17-/m0/s1. The van der Waals surface area contributed by atoms with Crippen molar-refractivity contribution in [3.63, 3.8) is 0 Å². The van der Waals surface area contributed by atoms with E-state index in [0.29, 0.717) is 23.6 Å². The van der Waals surface area contributed by atoms with E-state index in [2.05, 4.69) is 5.32 Å². The average molecular weight is 357 g/mol. The van der Waals surface area contributed by atoms with E-state index in [1.54, 1.807) is 24.3 Å². The van der Waals surface area contributed by atoms with Crippen LogP contribution in [-0.4, -0.2) is 31.7 Å². The molecule has 138 valence electrons. The number of carbonyl (C=O) groups is 2. The molecule has 0 heterocycles. The third-order valence-corrected chi connectivity index (χ3v) is 3.63. The number of rotatable bonds is 8. The van der Waals surface area contributed by atoms with Crippen molar-refractivity contribution >= 4 is 17.6 Å². The second kappa shape index (κ2) is 9.46. The van der Waals surface area contributed by atoms with Crippen LogP contribution in [0.3, 0.4) is 0 Å². The first-order valence-electron chi connectivity index (χ1n) is 8.36. The number of ether oxygens (including phenoxy) is 3. The van der Waals surface area contributed by atoms with Gasteiger partial charge in [-0.3, -0.25) is 4.79 Å². The van der Waals surface area contributed by atoms with Gasteiger partial charge in [0.25, 0.3) is 5.91 Å². The minimum absolute atomic E-state index is 0.398. The predicted octanol–water partition coefficient (Wildman–Crippen LogP) is 3.34. The highest BCUT2D eigenvalue weighted by atomic mass is 16.6. The van der Waals surface area contributed by atoms with Crippen LogP contribution in [0, 0.1) is 6.92 Å². The molecule has 1 amide bonds. The lowest BCUT2D eigenvalue weighted by Gasteiger charge is -2.16. The first-order chi connectivity index (χ1) is 12.5. The fourth-order valence-corrected chi connectivity index (χ4v) is 2.30. The van der Waals surface area contributed by atoms with Gasteiger partial charge in [-0.05, 0) is 43.2 Å². The van der Waals surface area contributed by atoms with Crippen molar-refractivity contribution in [2.75, 3.05) is 19.0 Å². The van der Waals surface area contributed by atoms with Crippen LogP contribution >= 0.6 is 0 Å². The summed E-state index contributed by atoms with van der Waals surface area (Å²) in [5, 5.41) is 2.68. The molecule has 0 radical (unpaired) electrons. The van der Waals surface area contributed by atoms with Crippen molar-refractivity contribution < 1.29 is 23.8 Å². The number of carbonyl (C=O) groups excluding carboxylic acids is 2. The van der Waals surface area contributed by atoms with Gasteiger partial charge in [0, 0.05) is 0 Å². The number of para-hydroxylation sites is 1. The van der Waals surface area contributed by atoms with Crippen molar-refractivity contribution in [1.82, 2.24) is 0 Å². The van der Waals surface area contributed by atoms with Crippen LogP contribution in [-0.2, 0) is 14.3 Å². The number of amides is 1. The zero-order chi connectivity index (χ0) is 18.9. The van der Waals surface area contributed by atoms with Crippen LogP contribution in [0.4, 0.5) is 5.69 Å². The maximum Gasteiger partial charge on any atom is 0.347 e. The van der Waals surface area contributed by atoms with E-state index in [-0.39, 0.29) is 0 Å². The van der Waals surface area contributed by atoms with E-state index >= 15 is 0 Å². The molecule has 0 spiro atoms. The van der Waals surface area contributed by atoms with Gasteiger partial charge in [-0.2, -0.15) is 0 Å². The summed E-state index contributed by atoms with van der Waals surface area (Å²) in [7, 11) is 1.52. The minimum atomic E-state index is -0.765. The first-order valence-corrected chi connectivity index (χ1v) is 8.36. The van der Waals surface area contributed by atoms with Gasteiger partial charge in [0.15, 0.2) is 12.7 Å². The van der Waals surface area contributed by atoms with Crippen molar-refractivity contribution in [2.24, 2.45) is 0 Å². The topological polar surface area (TPSA) is 73.9 Å². The lowest BCUT2D eigenvalue weighted by atomic mass is 10.2. The molecule has 0 aliphatic carbocycles. The Hall–Kier alpha value is -3.02.